The molecular weight excluding hydrogens is 352 g/mol. The number of aryl methyl sites for hydroxylation is 1. The summed E-state index contributed by atoms with van der Waals surface area (Å²) in [6.45, 7) is 2.75. The molecule has 0 spiro atoms. The summed E-state index contributed by atoms with van der Waals surface area (Å²) in [5.74, 6) is 0.595. The van der Waals surface area contributed by atoms with E-state index < -0.39 is 15.1 Å². The van der Waals surface area contributed by atoms with Crippen LogP contribution in [0.4, 0.5) is 10.6 Å². The minimum absolute atomic E-state index is 0.232. The van der Waals surface area contributed by atoms with Crippen LogP contribution in [0.1, 0.15) is 63.0 Å². The van der Waals surface area contributed by atoms with E-state index in [-0.39, 0.29) is 11.3 Å². The molecule has 4 rings (SSSR count). The summed E-state index contributed by atoms with van der Waals surface area (Å²) in [6.07, 6.45) is 10.0. The van der Waals surface area contributed by atoms with Crippen LogP contribution in [0.3, 0.4) is 0 Å². The maximum atomic E-state index is 12.7. The standard InChI is InChI=1S/C18H28N4O3S/c1-13-11-22(14-5-3-2-4-6-14)20-17(13)19-18(23)21-10-9-15-7-8-16(12-21)26(15,24)25/h11,14-16H,2-10,12H2,1H3,(H,19,20,23). The van der Waals surface area contributed by atoms with E-state index in [1.54, 1.807) is 4.90 Å². The van der Waals surface area contributed by atoms with Crippen LogP contribution in [0.5, 0.6) is 0 Å². The number of rotatable bonds is 2. The summed E-state index contributed by atoms with van der Waals surface area (Å²) in [4.78, 5) is 14.4. The van der Waals surface area contributed by atoms with Gasteiger partial charge in [-0.2, -0.15) is 5.10 Å². The van der Waals surface area contributed by atoms with Crippen LogP contribution in [-0.2, 0) is 9.84 Å². The van der Waals surface area contributed by atoms with Gasteiger partial charge in [0.1, 0.15) is 0 Å². The molecule has 3 aliphatic rings. The molecule has 1 aromatic heterocycles. The summed E-state index contributed by atoms with van der Waals surface area (Å²) in [6, 6.07) is 0.192. The Hall–Kier alpha value is -1.57. The number of carbonyl (C=O) groups excluding carboxylic acids is 1. The first-order valence-corrected chi connectivity index (χ1v) is 11.4. The van der Waals surface area contributed by atoms with Gasteiger partial charge in [0.25, 0.3) is 0 Å². The second-order valence-electron chi connectivity index (χ2n) is 8.01. The Bertz CT molecular complexity index is 782. The highest BCUT2D eigenvalue weighted by Gasteiger charge is 2.44. The Morgan fingerprint density at radius 3 is 2.62 bits per heavy atom. The van der Waals surface area contributed by atoms with Crippen molar-refractivity contribution < 1.29 is 13.2 Å². The highest BCUT2D eigenvalue weighted by atomic mass is 32.2. The number of sulfone groups is 1. The number of nitrogens with zero attached hydrogens (tertiary/aromatic N) is 3. The largest absolute Gasteiger partial charge is 0.323 e. The Labute approximate surface area is 155 Å². The lowest BCUT2D eigenvalue weighted by Crippen LogP contribution is -2.40. The molecule has 2 amide bonds. The third-order valence-corrected chi connectivity index (χ3v) is 8.98. The summed E-state index contributed by atoms with van der Waals surface area (Å²) >= 11 is 0. The fourth-order valence-corrected chi connectivity index (χ4v) is 6.91. The van der Waals surface area contributed by atoms with Crippen LogP contribution in [0.25, 0.3) is 0 Å². The predicted octanol–water partition coefficient (Wildman–Crippen LogP) is 2.88. The number of likely N-dealkylation sites (tertiary alicyclic amines) is 1. The van der Waals surface area contributed by atoms with Gasteiger partial charge in [-0.15, -0.1) is 0 Å². The molecule has 1 aromatic rings. The van der Waals surface area contributed by atoms with Gasteiger partial charge in [0.2, 0.25) is 0 Å². The third-order valence-electron chi connectivity index (χ3n) is 6.26. The Morgan fingerprint density at radius 1 is 1.12 bits per heavy atom. The average Bonchev–Trinajstić information content (AvgIpc) is 3.05. The van der Waals surface area contributed by atoms with Crippen molar-refractivity contribution in [3.63, 3.8) is 0 Å². The average molecular weight is 381 g/mol. The van der Waals surface area contributed by atoms with Crippen LogP contribution < -0.4 is 5.32 Å². The molecule has 2 aliphatic heterocycles. The van der Waals surface area contributed by atoms with E-state index in [4.69, 9.17) is 0 Å². The first-order valence-electron chi connectivity index (χ1n) is 9.79. The van der Waals surface area contributed by atoms with E-state index in [0.717, 1.165) is 24.8 Å². The van der Waals surface area contributed by atoms with E-state index in [1.807, 2.05) is 17.8 Å². The van der Waals surface area contributed by atoms with Gasteiger partial charge in [-0.05, 0) is 39.0 Å². The van der Waals surface area contributed by atoms with Crippen molar-refractivity contribution >= 4 is 21.7 Å². The predicted molar refractivity (Wildman–Crippen MR) is 100 cm³/mol. The fourth-order valence-electron chi connectivity index (χ4n) is 4.62. The van der Waals surface area contributed by atoms with Crippen LogP contribution >= 0.6 is 0 Å². The van der Waals surface area contributed by atoms with E-state index in [0.29, 0.717) is 37.8 Å². The quantitative estimate of drug-likeness (QED) is 0.855. The molecule has 144 valence electrons. The van der Waals surface area contributed by atoms with Crippen molar-refractivity contribution in [1.29, 1.82) is 0 Å². The van der Waals surface area contributed by atoms with Gasteiger partial charge < -0.3 is 4.90 Å². The number of aromatic nitrogens is 2. The SMILES string of the molecule is Cc1cn(C2CCCCC2)nc1NC(=O)N1CCC2CCC(C1)S2(=O)=O. The van der Waals surface area contributed by atoms with Gasteiger partial charge in [-0.3, -0.25) is 10.00 Å². The van der Waals surface area contributed by atoms with E-state index in [1.165, 1.54) is 19.3 Å². The number of fused-ring (bicyclic) bond motifs is 2. The summed E-state index contributed by atoms with van der Waals surface area (Å²) in [5.41, 5.74) is 0.952. The number of amides is 2. The zero-order chi connectivity index (χ0) is 18.3. The fraction of sp³-hybridized carbons (Fsp3) is 0.778. The molecule has 0 radical (unpaired) electrons. The molecule has 0 aromatic carbocycles. The van der Waals surface area contributed by atoms with E-state index in [2.05, 4.69) is 10.4 Å². The van der Waals surface area contributed by atoms with Crippen molar-refractivity contribution in [3.8, 4) is 0 Å². The number of carbonyl (C=O) groups is 1. The van der Waals surface area contributed by atoms with E-state index in [9.17, 15) is 13.2 Å². The highest BCUT2D eigenvalue weighted by molar-refractivity contribution is 7.93. The van der Waals surface area contributed by atoms with Crippen LogP contribution in [0.2, 0.25) is 0 Å². The molecule has 7 nitrogen and oxygen atoms in total. The van der Waals surface area contributed by atoms with Gasteiger partial charge >= 0.3 is 6.03 Å². The number of urea groups is 1. The van der Waals surface area contributed by atoms with Crippen molar-refractivity contribution in [2.45, 2.75) is 74.8 Å². The molecule has 2 atom stereocenters. The number of anilines is 1. The zero-order valence-corrected chi connectivity index (χ0v) is 16.2. The number of hydrogen-bond acceptors (Lipinski definition) is 4. The topological polar surface area (TPSA) is 84.3 Å². The van der Waals surface area contributed by atoms with Gasteiger partial charge in [0.05, 0.1) is 16.5 Å². The van der Waals surface area contributed by atoms with Crippen LogP contribution in [0, 0.1) is 6.92 Å². The van der Waals surface area contributed by atoms with Crippen molar-refractivity contribution in [1.82, 2.24) is 14.7 Å². The number of hydrogen-bond donors (Lipinski definition) is 1. The van der Waals surface area contributed by atoms with Crippen molar-refractivity contribution in [2.24, 2.45) is 0 Å². The Kier molecular flexibility index (Phi) is 4.71. The molecule has 1 saturated carbocycles. The lowest BCUT2D eigenvalue weighted by atomic mass is 9.96. The number of nitrogens with one attached hydrogen (secondary N) is 1. The normalized spacial score (nSPS) is 28.7. The van der Waals surface area contributed by atoms with E-state index >= 15 is 0 Å². The molecule has 3 heterocycles. The monoisotopic (exact) mass is 380 g/mol. The maximum Gasteiger partial charge on any atom is 0.323 e. The van der Waals surface area contributed by atoms with Gasteiger partial charge in [-0.25, -0.2) is 13.2 Å². The summed E-state index contributed by atoms with van der Waals surface area (Å²) < 4.78 is 26.8. The summed E-state index contributed by atoms with van der Waals surface area (Å²) in [5, 5.41) is 6.85. The van der Waals surface area contributed by atoms with Gasteiger partial charge in [-0.1, -0.05) is 19.3 Å². The molecule has 2 bridgehead atoms. The molecule has 1 aliphatic carbocycles. The second-order valence-corrected chi connectivity index (χ2v) is 10.5. The van der Waals surface area contributed by atoms with Gasteiger partial charge in [0.15, 0.2) is 15.7 Å². The third kappa shape index (κ3) is 3.23. The molecule has 3 fully saturated rings. The van der Waals surface area contributed by atoms with Gasteiger partial charge in [0, 0.05) is 24.8 Å². The molecule has 26 heavy (non-hydrogen) atoms. The molecular formula is C18H28N4O3S. The first-order chi connectivity index (χ1) is 12.4. The molecule has 1 N–H and O–H groups in total. The minimum Gasteiger partial charge on any atom is -0.323 e. The maximum absolute atomic E-state index is 12.7. The molecule has 2 saturated heterocycles. The lowest BCUT2D eigenvalue weighted by Gasteiger charge is -2.24. The molecule has 8 heteroatoms. The van der Waals surface area contributed by atoms with Crippen molar-refractivity contribution in [2.75, 3.05) is 18.4 Å². The summed E-state index contributed by atoms with van der Waals surface area (Å²) in [7, 11) is -3.06. The Morgan fingerprint density at radius 2 is 1.85 bits per heavy atom. The van der Waals surface area contributed by atoms with Crippen LogP contribution in [0.15, 0.2) is 6.20 Å². The van der Waals surface area contributed by atoms with Crippen LogP contribution in [-0.4, -0.2) is 52.7 Å². The van der Waals surface area contributed by atoms with Crippen molar-refractivity contribution in [3.05, 3.63) is 11.8 Å². The minimum atomic E-state index is -3.06. The lowest BCUT2D eigenvalue weighted by molar-refractivity contribution is 0.209. The smallest absolute Gasteiger partial charge is 0.323 e. The second kappa shape index (κ2) is 6.87. The first kappa shape index (κ1) is 17.8. The zero-order valence-electron chi connectivity index (χ0n) is 15.4. The molecule has 2 unspecified atom stereocenters. The Balaban J connectivity index is 1.44. The highest BCUT2D eigenvalue weighted by Crippen LogP contribution is 2.33.